The van der Waals surface area contributed by atoms with E-state index in [0.29, 0.717) is 6.04 Å². The molecule has 1 aliphatic rings. The Hall–Kier alpha value is -0.0800. The highest BCUT2D eigenvalue weighted by Gasteiger charge is 2.26. The van der Waals surface area contributed by atoms with Gasteiger partial charge in [-0.1, -0.05) is 46.5 Å². The second-order valence-electron chi connectivity index (χ2n) is 5.92. The third kappa shape index (κ3) is 4.42. The number of nitrogens with two attached hydrogens (primary N) is 1. The first-order valence-corrected chi connectivity index (χ1v) is 7.13. The molecule has 1 rings (SSSR count). The van der Waals surface area contributed by atoms with Gasteiger partial charge in [-0.05, 0) is 37.0 Å². The van der Waals surface area contributed by atoms with E-state index in [-0.39, 0.29) is 0 Å². The van der Waals surface area contributed by atoms with Crippen LogP contribution >= 0.6 is 0 Å². The lowest BCUT2D eigenvalue weighted by atomic mass is 9.77. The maximum atomic E-state index is 5.73. The molecule has 2 heteroatoms. The van der Waals surface area contributed by atoms with E-state index in [1.165, 1.54) is 44.9 Å². The second kappa shape index (κ2) is 7.29. The standard InChI is InChI=1S/C14H30N2/c1-4-5-12(3)10-14(16-15)13-8-6-11(2)7-9-13/h11-14,16H,4-10,15H2,1-3H3. The van der Waals surface area contributed by atoms with Crippen LogP contribution in [0.3, 0.4) is 0 Å². The fraction of sp³-hybridized carbons (Fsp3) is 1.00. The summed E-state index contributed by atoms with van der Waals surface area (Å²) in [6.45, 7) is 7.00. The van der Waals surface area contributed by atoms with E-state index >= 15 is 0 Å². The summed E-state index contributed by atoms with van der Waals surface area (Å²) < 4.78 is 0. The van der Waals surface area contributed by atoms with Gasteiger partial charge in [0.15, 0.2) is 0 Å². The van der Waals surface area contributed by atoms with Gasteiger partial charge in [0.05, 0.1) is 0 Å². The summed E-state index contributed by atoms with van der Waals surface area (Å²) in [6, 6.07) is 0.550. The van der Waals surface area contributed by atoms with Crippen molar-refractivity contribution >= 4 is 0 Å². The molecule has 16 heavy (non-hydrogen) atoms. The molecule has 0 aromatic rings. The van der Waals surface area contributed by atoms with Gasteiger partial charge in [-0.2, -0.15) is 0 Å². The molecule has 2 nitrogen and oxygen atoms in total. The van der Waals surface area contributed by atoms with E-state index in [1.807, 2.05) is 0 Å². The van der Waals surface area contributed by atoms with Crippen molar-refractivity contribution in [2.45, 2.75) is 71.8 Å². The summed E-state index contributed by atoms with van der Waals surface area (Å²) in [6.07, 6.45) is 9.41. The molecule has 0 saturated heterocycles. The Bertz CT molecular complexity index is 174. The third-order valence-corrected chi connectivity index (χ3v) is 4.28. The van der Waals surface area contributed by atoms with Crippen molar-refractivity contribution in [2.75, 3.05) is 0 Å². The van der Waals surface area contributed by atoms with Crippen molar-refractivity contribution in [2.24, 2.45) is 23.6 Å². The Labute approximate surface area is 101 Å². The number of hydrogen-bond donors (Lipinski definition) is 2. The zero-order valence-corrected chi connectivity index (χ0v) is 11.3. The molecule has 0 bridgehead atoms. The maximum absolute atomic E-state index is 5.73. The molecule has 0 radical (unpaired) electrons. The molecule has 0 spiro atoms. The van der Waals surface area contributed by atoms with Crippen LogP contribution in [0.5, 0.6) is 0 Å². The highest BCUT2D eigenvalue weighted by atomic mass is 15.2. The zero-order valence-electron chi connectivity index (χ0n) is 11.3. The van der Waals surface area contributed by atoms with Crippen molar-refractivity contribution in [1.29, 1.82) is 0 Å². The van der Waals surface area contributed by atoms with Crippen LogP contribution in [0.15, 0.2) is 0 Å². The molecule has 3 N–H and O–H groups in total. The van der Waals surface area contributed by atoms with Gasteiger partial charge in [0.1, 0.15) is 0 Å². The van der Waals surface area contributed by atoms with Crippen molar-refractivity contribution in [3.05, 3.63) is 0 Å². The molecular formula is C14H30N2. The van der Waals surface area contributed by atoms with Crippen LogP contribution in [0, 0.1) is 17.8 Å². The zero-order chi connectivity index (χ0) is 12.0. The minimum atomic E-state index is 0.550. The summed E-state index contributed by atoms with van der Waals surface area (Å²) in [5, 5.41) is 0. The summed E-state index contributed by atoms with van der Waals surface area (Å²) in [4.78, 5) is 0. The Morgan fingerprint density at radius 2 is 1.88 bits per heavy atom. The van der Waals surface area contributed by atoms with E-state index in [0.717, 1.165) is 17.8 Å². The fourth-order valence-electron chi connectivity index (χ4n) is 3.13. The van der Waals surface area contributed by atoms with Crippen molar-refractivity contribution in [3.8, 4) is 0 Å². The van der Waals surface area contributed by atoms with Crippen LogP contribution in [0.25, 0.3) is 0 Å². The summed E-state index contributed by atoms with van der Waals surface area (Å²) in [7, 11) is 0. The largest absolute Gasteiger partial charge is 0.271 e. The van der Waals surface area contributed by atoms with Gasteiger partial charge in [-0.3, -0.25) is 11.3 Å². The highest BCUT2D eigenvalue weighted by molar-refractivity contribution is 4.80. The summed E-state index contributed by atoms with van der Waals surface area (Å²) in [5.41, 5.74) is 3.08. The lowest BCUT2D eigenvalue weighted by Crippen LogP contribution is -2.43. The minimum Gasteiger partial charge on any atom is -0.271 e. The maximum Gasteiger partial charge on any atom is 0.0241 e. The van der Waals surface area contributed by atoms with Crippen LogP contribution in [-0.4, -0.2) is 6.04 Å². The highest BCUT2D eigenvalue weighted by Crippen LogP contribution is 2.32. The van der Waals surface area contributed by atoms with Gasteiger partial charge in [-0.15, -0.1) is 0 Å². The van der Waals surface area contributed by atoms with E-state index < -0.39 is 0 Å². The van der Waals surface area contributed by atoms with Gasteiger partial charge < -0.3 is 0 Å². The van der Waals surface area contributed by atoms with Crippen LogP contribution < -0.4 is 11.3 Å². The van der Waals surface area contributed by atoms with Crippen LogP contribution in [0.4, 0.5) is 0 Å². The topological polar surface area (TPSA) is 38.0 Å². The van der Waals surface area contributed by atoms with E-state index in [1.54, 1.807) is 0 Å². The molecule has 0 aromatic heterocycles. The average Bonchev–Trinajstić information content (AvgIpc) is 2.27. The Morgan fingerprint density at radius 1 is 1.25 bits per heavy atom. The SMILES string of the molecule is CCCC(C)CC(NN)C1CCC(C)CC1. The second-order valence-corrected chi connectivity index (χ2v) is 5.92. The number of nitrogens with one attached hydrogen (secondary N) is 1. The van der Waals surface area contributed by atoms with E-state index in [4.69, 9.17) is 5.84 Å². The van der Waals surface area contributed by atoms with E-state index in [2.05, 4.69) is 26.2 Å². The predicted octanol–water partition coefficient (Wildman–Crippen LogP) is 3.47. The number of rotatable bonds is 6. The third-order valence-electron chi connectivity index (χ3n) is 4.28. The molecule has 0 aliphatic heterocycles. The van der Waals surface area contributed by atoms with Gasteiger partial charge in [0.25, 0.3) is 0 Å². The Kier molecular flexibility index (Phi) is 6.37. The quantitative estimate of drug-likeness (QED) is 0.537. The molecule has 1 aliphatic carbocycles. The first-order chi connectivity index (χ1) is 7.67. The monoisotopic (exact) mass is 226 g/mol. The van der Waals surface area contributed by atoms with Gasteiger partial charge in [-0.25, -0.2) is 0 Å². The number of hydrogen-bond acceptors (Lipinski definition) is 2. The summed E-state index contributed by atoms with van der Waals surface area (Å²) >= 11 is 0. The normalized spacial score (nSPS) is 30.0. The van der Waals surface area contributed by atoms with Crippen molar-refractivity contribution in [3.63, 3.8) is 0 Å². The van der Waals surface area contributed by atoms with Crippen LogP contribution in [-0.2, 0) is 0 Å². The Balaban J connectivity index is 2.35. The fourth-order valence-corrected chi connectivity index (χ4v) is 3.13. The van der Waals surface area contributed by atoms with Crippen molar-refractivity contribution in [1.82, 2.24) is 5.43 Å². The molecular weight excluding hydrogens is 196 g/mol. The molecule has 0 heterocycles. The van der Waals surface area contributed by atoms with E-state index in [9.17, 15) is 0 Å². The molecule has 0 amide bonds. The molecule has 2 unspecified atom stereocenters. The first-order valence-electron chi connectivity index (χ1n) is 7.13. The van der Waals surface area contributed by atoms with Crippen molar-refractivity contribution < 1.29 is 0 Å². The lowest BCUT2D eigenvalue weighted by Gasteiger charge is -2.33. The minimum absolute atomic E-state index is 0.550. The van der Waals surface area contributed by atoms with Gasteiger partial charge in [0, 0.05) is 6.04 Å². The van der Waals surface area contributed by atoms with Gasteiger partial charge >= 0.3 is 0 Å². The summed E-state index contributed by atoms with van der Waals surface area (Å²) in [5.74, 6) is 8.30. The number of hydrazine groups is 1. The molecule has 0 aromatic carbocycles. The Morgan fingerprint density at radius 3 is 2.38 bits per heavy atom. The predicted molar refractivity (Wildman–Crippen MR) is 70.9 cm³/mol. The molecule has 1 saturated carbocycles. The van der Waals surface area contributed by atoms with Crippen LogP contribution in [0.2, 0.25) is 0 Å². The molecule has 1 fully saturated rings. The molecule has 2 atom stereocenters. The van der Waals surface area contributed by atoms with Gasteiger partial charge in [0.2, 0.25) is 0 Å². The lowest BCUT2D eigenvalue weighted by molar-refractivity contribution is 0.206. The average molecular weight is 226 g/mol. The van der Waals surface area contributed by atoms with Crippen LogP contribution in [0.1, 0.15) is 65.7 Å². The first kappa shape index (κ1) is 14.0. The molecule has 96 valence electrons. The smallest absolute Gasteiger partial charge is 0.0241 e.